The minimum absolute atomic E-state index is 0.282. The third kappa shape index (κ3) is 3.01. The zero-order valence-corrected chi connectivity index (χ0v) is 11.0. The van der Waals surface area contributed by atoms with Gasteiger partial charge in [0.25, 0.3) is 5.91 Å². The Morgan fingerprint density at radius 1 is 1.37 bits per heavy atom. The number of anilines is 2. The summed E-state index contributed by atoms with van der Waals surface area (Å²) in [6, 6.07) is 6.91. The number of carbonyl (C=O) groups is 1. The minimum Gasteiger partial charge on any atom is -0.322 e. The maximum Gasteiger partial charge on any atom is 0.257 e. The molecule has 0 spiro atoms. The molecule has 0 saturated heterocycles. The summed E-state index contributed by atoms with van der Waals surface area (Å²) in [6.45, 7) is 1.90. The fourth-order valence-electron chi connectivity index (χ4n) is 1.58. The quantitative estimate of drug-likeness (QED) is 0.595. The number of nitrogens with zero attached hydrogens (tertiary/aromatic N) is 1. The van der Waals surface area contributed by atoms with Crippen molar-refractivity contribution in [2.45, 2.75) is 6.92 Å². The van der Waals surface area contributed by atoms with Gasteiger partial charge < -0.3 is 10.7 Å². The smallest absolute Gasteiger partial charge is 0.257 e. The molecule has 0 saturated carbocycles. The highest BCUT2D eigenvalue weighted by molar-refractivity contribution is 6.31. The molecule has 0 fully saturated rings. The van der Waals surface area contributed by atoms with Crippen molar-refractivity contribution < 1.29 is 4.79 Å². The number of hydrazine groups is 1. The van der Waals surface area contributed by atoms with Gasteiger partial charge in [-0.3, -0.25) is 15.6 Å². The van der Waals surface area contributed by atoms with E-state index in [1.165, 1.54) is 12.4 Å². The number of rotatable bonds is 3. The highest BCUT2D eigenvalue weighted by atomic mass is 35.5. The molecule has 19 heavy (non-hydrogen) atoms. The van der Waals surface area contributed by atoms with Gasteiger partial charge in [-0.2, -0.15) is 0 Å². The molecule has 0 aliphatic rings. The van der Waals surface area contributed by atoms with Crippen LogP contribution >= 0.6 is 11.6 Å². The molecule has 1 amide bonds. The Bertz CT molecular complexity index is 615. The number of nitrogen functional groups attached to an aromatic ring is 1. The van der Waals surface area contributed by atoms with Crippen LogP contribution < -0.4 is 16.6 Å². The number of aryl methyl sites for hydroxylation is 1. The Kier molecular flexibility index (Phi) is 3.99. The van der Waals surface area contributed by atoms with Crippen molar-refractivity contribution in [3.8, 4) is 0 Å². The lowest BCUT2D eigenvalue weighted by atomic mass is 10.2. The fraction of sp³-hybridized carbons (Fsp3) is 0.0769. The predicted molar refractivity (Wildman–Crippen MR) is 76.2 cm³/mol. The number of amides is 1. The van der Waals surface area contributed by atoms with Gasteiger partial charge in [0, 0.05) is 16.9 Å². The van der Waals surface area contributed by atoms with Crippen LogP contribution in [0.25, 0.3) is 0 Å². The molecule has 2 rings (SSSR count). The van der Waals surface area contributed by atoms with Gasteiger partial charge >= 0.3 is 0 Å². The largest absolute Gasteiger partial charge is 0.322 e. The van der Waals surface area contributed by atoms with Gasteiger partial charge in [-0.15, -0.1) is 0 Å². The number of nitrogens with two attached hydrogens (primary N) is 1. The van der Waals surface area contributed by atoms with E-state index < -0.39 is 0 Å². The summed E-state index contributed by atoms with van der Waals surface area (Å²) < 4.78 is 0. The number of carbonyl (C=O) groups excluding carboxylic acids is 1. The number of hydrogen-bond acceptors (Lipinski definition) is 4. The van der Waals surface area contributed by atoms with Crippen LogP contribution in [0.1, 0.15) is 15.9 Å². The molecular weight excluding hydrogens is 264 g/mol. The summed E-state index contributed by atoms with van der Waals surface area (Å²) in [6.07, 6.45) is 3.01. The zero-order valence-electron chi connectivity index (χ0n) is 10.3. The Morgan fingerprint density at radius 3 is 2.84 bits per heavy atom. The Labute approximate surface area is 115 Å². The second kappa shape index (κ2) is 5.69. The van der Waals surface area contributed by atoms with Crippen molar-refractivity contribution in [2.24, 2.45) is 5.84 Å². The lowest BCUT2D eigenvalue weighted by Gasteiger charge is -2.09. The van der Waals surface area contributed by atoms with Crippen molar-refractivity contribution in [3.05, 3.63) is 52.8 Å². The molecule has 0 unspecified atom stereocenters. The Morgan fingerprint density at radius 2 is 2.16 bits per heavy atom. The summed E-state index contributed by atoms with van der Waals surface area (Å²) in [5.74, 6) is 5.05. The number of aromatic nitrogens is 1. The van der Waals surface area contributed by atoms with E-state index in [1.807, 2.05) is 13.0 Å². The lowest BCUT2D eigenvalue weighted by molar-refractivity contribution is 0.102. The SMILES string of the molecule is Cc1ccc(NC(=O)c2ccncc2NN)cc1Cl. The van der Waals surface area contributed by atoms with Gasteiger partial charge in [0.2, 0.25) is 0 Å². The first-order valence-corrected chi connectivity index (χ1v) is 5.97. The van der Waals surface area contributed by atoms with E-state index in [1.54, 1.807) is 18.2 Å². The second-order valence-electron chi connectivity index (χ2n) is 3.98. The van der Waals surface area contributed by atoms with Gasteiger partial charge in [-0.1, -0.05) is 17.7 Å². The van der Waals surface area contributed by atoms with Crippen molar-refractivity contribution in [1.82, 2.24) is 4.98 Å². The Balaban J connectivity index is 2.23. The molecule has 98 valence electrons. The summed E-state index contributed by atoms with van der Waals surface area (Å²) in [4.78, 5) is 16.0. The van der Waals surface area contributed by atoms with Crippen LogP contribution in [-0.2, 0) is 0 Å². The standard InChI is InChI=1S/C13H13ClN4O/c1-8-2-3-9(6-11(8)14)17-13(19)10-4-5-16-7-12(10)18-15/h2-7,18H,15H2,1H3,(H,17,19). The maximum atomic E-state index is 12.1. The van der Waals surface area contributed by atoms with E-state index in [4.69, 9.17) is 17.4 Å². The molecule has 0 aliphatic carbocycles. The topological polar surface area (TPSA) is 80.0 Å². The predicted octanol–water partition coefficient (Wildman–Crippen LogP) is 2.58. The summed E-state index contributed by atoms with van der Waals surface area (Å²) in [5, 5.41) is 3.36. The molecule has 4 N–H and O–H groups in total. The van der Waals surface area contributed by atoms with Crippen LogP contribution in [0.3, 0.4) is 0 Å². The van der Waals surface area contributed by atoms with Crippen molar-refractivity contribution >= 4 is 28.9 Å². The molecular formula is C13H13ClN4O. The maximum absolute atomic E-state index is 12.1. The number of benzene rings is 1. The van der Waals surface area contributed by atoms with Crippen molar-refractivity contribution in [3.63, 3.8) is 0 Å². The monoisotopic (exact) mass is 276 g/mol. The molecule has 2 aromatic rings. The molecule has 1 aromatic heterocycles. The van der Waals surface area contributed by atoms with E-state index >= 15 is 0 Å². The third-order valence-corrected chi connectivity index (χ3v) is 3.06. The van der Waals surface area contributed by atoms with Gasteiger partial charge in [-0.25, -0.2) is 0 Å². The molecule has 5 nitrogen and oxygen atoms in total. The molecule has 0 bridgehead atoms. The van der Waals surface area contributed by atoms with Crippen LogP contribution in [-0.4, -0.2) is 10.9 Å². The van der Waals surface area contributed by atoms with E-state index in [2.05, 4.69) is 15.7 Å². The average Bonchev–Trinajstić information content (AvgIpc) is 2.43. The van der Waals surface area contributed by atoms with Crippen LogP contribution in [0.15, 0.2) is 36.7 Å². The summed E-state index contributed by atoms with van der Waals surface area (Å²) in [7, 11) is 0. The molecule has 0 atom stereocenters. The minimum atomic E-state index is -0.282. The first-order valence-electron chi connectivity index (χ1n) is 5.60. The zero-order chi connectivity index (χ0) is 13.8. The van der Waals surface area contributed by atoms with Crippen LogP contribution in [0.5, 0.6) is 0 Å². The average molecular weight is 277 g/mol. The third-order valence-electron chi connectivity index (χ3n) is 2.65. The van der Waals surface area contributed by atoms with Crippen molar-refractivity contribution in [2.75, 3.05) is 10.7 Å². The van der Waals surface area contributed by atoms with Crippen molar-refractivity contribution in [1.29, 1.82) is 0 Å². The Hall–Kier alpha value is -2.11. The molecule has 1 aromatic carbocycles. The van der Waals surface area contributed by atoms with Crippen LogP contribution in [0, 0.1) is 6.92 Å². The highest BCUT2D eigenvalue weighted by Gasteiger charge is 2.11. The summed E-state index contributed by atoms with van der Waals surface area (Å²) >= 11 is 6.01. The van der Waals surface area contributed by atoms with E-state index in [0.717, 1.165) is 5.56 Å². The van der Waals surface area contributed by atoms with Gasteiger partial charge in [0.15, 0.2) is 0 Å². The highest BCUT2D eigenvalue weighted by Crippen LogP contribution is 2.21. The summed E-state index contributed by atoms with van der Waals surface area (Å²) in [5.41, 5.74) is 4.88. The van der Waals surface area contributed by atoms with Crippen LogP contribution in [0.2, 0.25) is 5.02 Å². The van der Waals surface area contributed by atoms with E-state index in [9.17, 15) is 4.79 Å². The normalized spacial score (nSPS) is 10.1. The van der Waals surface area contributed by atoms with E-state index in [-0.39, 0.29) is 5.91 Å². The van der Waals surface area contributed by atoms with E-state index in [0.29, 0.717) is 22.0 Å². The number of hydrogen-bond donors (Lipinski definition) is 3. The number of pyridine rings is 1. The van der Waals surface area contributed by atoms with Gasteiger partial charge in [-0.05, 0) is 30.7 Å². The lowest BCUT2D eigenvalue weighted by Crippen LogP contribution is -2.17. The number of halogens is 1. The van der Waals surface area contributed by atoms with Crippen LogP contribution in [0.4, 0.5) is 11.4 Å². The second-order valence-corrected chi connectivity index (χ2v) is 4.39. The van der Waals surface area contributed by atoms with Gasteiger partial charge in [0.1, 0.15) is 0 Å². The molecule has 0 radical (unpaired) electrons. The fourth-order valence-corrected chi connectivity index (χ4v) is 1.76. The first kappa shape index (κ1) is 13.3. The first-order chi connectivity index (χ1) is 9.11. The number of nitrogens with one attached hydrogen (secondary N) is 2. The molecule has 1 heterocycles. The molecule has 0 aliphatic heterocycles. The van der Waals surface area contributed by atoms with Gasteiger partial charge in [0.05, 0.1) is 17.4 Å². The molecule has 6 heteroatoms.